The first kappa shape index (κ1) is 24.9. The molecule has 0 saturated heterocycles. The predicted octanol–water partition coefficient (Wildman–Crippen LogP) is 3.90. The van der Waals surface area contributed by atoms with Gasteiger partial charge in [0.2, 0.25) is 5.91 Å². The van der Waals surface area contributed by atoms with Crippen molar-refractivity contribution in [1.82, 2.24) is 9.88 Å². The molecular formula is C25H27N3O5S. The highest BCUT2D eigenvalue weighted by atomic mass is 32.1. The summed E-state index contributed by atoms with van der Waals surface area (Å²) in [4.78, 5) is 42.3. The molecule has 0 saturated carbocycles. The van der Waals surface area contributed by atoms with Gasteiger partial charge in [-0.25, -0.2) is 9.78 Å². The van der Waals surface area contributed by atoms with Gasteiger partial charge in [-0.1, -0.05) is 35.9 Å². The summed E-state index contributed by atoms with van der Waals surface area (Å²) in [7, 11) is 1.48. The Morgan fingerprint density at radius 1 is 1.03 bits per heavy atom. The fourth-order valence-corrected chi connectivity index (χ4v) is 3.73. The van der Waals surface area contributed by atoms with E-state index >= 15 is 0 Å². The number of anilines is 1. The highest BCUT2D eigenvalue weighted by Crippen LogP contribution is 2.19. The number of aryl methyl sites for hydroxylation is 3. The number of hydrogen-bond acceptors (Lipinski definition) is 7. The van der Waals surface area contributed by atoms with Crippen molar-refractivity contribution in [3.05, 3.63) is 75.2 Å². The maximum Gasteiger partial charge on any atom is 0.358 e. The summed E-state index contributed by atoms with van der Waals surface area (Å²) in [5, 5.41) is 4.99. The van der Waals surface area contributed by atoms with Crippen LogP contribution >= 0.6 is 11.3 Å². The Balaban J connectivity index is 1.44. The van der Waals surface area contributed by atoms with Gasteiger partial charge in [0.25, 0.3) is 5.91 Å². The Kier molecular flexibility index (Phi) is 8.37. The number of amides is 2. The summed E-state index contributed by atoms with van der Waals surface area (Å²) >= 11 is 1.27. The second kappa shape index (κ2) is 11.4. The fourth-order valence-electron chi connectivity index (χ4n) is 3.06. The molecule has 0 spiro atoms. The van der Waals surface area contributed by atoms with Gasteiger partial charge in [-0.3, -0.25) is 9.59 Å². The second-order valence-electron chi connectivity index (χ2n) is 7.87. The lowest BCUT2D eigenvalue weighted by Gasteiger charge is -2.18. The lowest BCUT2D eigenvalue weighted by molar-refractivity contribution is -0.136. The number of esters is 1. The number of nitrogens with one attached hydrogen (secondary N) is 1. The van der Waals surface area contributed by atoms with Crippen LogP contribution in [-0.2, 0) is 20.9 Å². The van der Waals surface area contributed by atoms with Crippen molar-refractivity contribution in [2.24, 2.45) is 0 Å². The fraction of sp³-hybridized carbons (Fsp3) is 0.280. The highest BCUT2D eigenvalue weighted by molar-refractivity contribution is 7.09. The number of rotatable bonds is 9. The Bertz CT molecular complexity index is 1150. The number of carbonyl (C=O) groups is 3. The van der Waals surface area contributed by atoms with E-state index in [-0.39, 0.29) is 24.8 Å². The predicted molar refractivity (Wildman–Crippen MR) is 130 cm³/mol. The van der Waals surface area contributed by atoms with E-state index in [4.69, 9.17) is 9.47 Å². The molecule has 3 aromatic rings. The number of hydrogen-bond donors (Lipinski definition) is 1. The zero-order chi connectivity index (χ0) is 24.7. The number of likely N-dealkylation sites (N-methyl/N-ethyl adjacent to an activating group) is 1. The molecular weight excluding hydrogens is 454 g/mol. The zero-order valence-electron chi connectivity index (χ0n) is 19.6. The SMILES string of the molecule is Cc1ccc(OCc2nc(C(=O)OCC(=O)N(C)CC(=O)Nc3c(C)cccc3C)cs2)cc1. The molecule has 1 heterocycles. The van der Waals surface area contributed by atoms with Crippen LogP contribution in [0, 0.1) is 20.8 Å². The molecule has 0 fully saturated rings. The third-order valence-electron chi connectivity index (χ3n) is 5.02. The van der Waals surface area contributed by atoms with Crippen LogP contribution in [0.4, 0.5) is 5.69 Å². The van der Waals surface area contributed by atoms with E-state index in [9.17, 15) is 14.4 Å². The van der Waals surface area contributed by atoms with E-state index in [1.54, 1.807) is 5.38 Å². The molecule has 0 atom stereocenters. The Morgan fingerprint density at radius 2 is 1.71 bits per heavy atom. The minimum atomic E-state index is -0.709. The number of thiazole rings is 1. The zero-order valence-corrected chi connectivity index (χ0v) is 20.4. The third kappa shape index (κ3) is 6.89. The Hall–Kier alpha value is -3.72. The van der Waals surface area contributed by atoms with Gasteiger partial charge >= 0.3 is 5.97 Å². The molecule has 178 valence electrons. The van der Waals surface area contributed by atoms with Crippen LogP contribution in [-0.4, -0.2) is 47.9 Å². The van der Waals surface area contributed by atoms with E-state index in [1.807, 2.05) is 63.2 Å². The number of para-hydroxylation sites is 1. The van der Waals surface area contributed by atoms with Gasteiger partial charge in [0.1, 0.15) is 17.4 Å². The van der Waals surface area contributed by atoms with Crippen LogP contribution in [0.3, 0.4) is 0 Å². The summed E-state index contributed by atoms with van der Waals surface area (Å²) in [5.41, 5.74) is 3.83. The van der Waals surface area contributed by atoms with E-state index in [2.05, 4.69) is 10.3 Å². The number of benzene rings is 2. The van der Waals surface area contributed by atoms with Crippen molar-refractivity contribution in [2.45, 2.75) is 27.4 Å². The van der Waals surface area contributed by atoms with Gasteiger partial charge in [-0.15, -0.1) is 11.3 Å². The molecule has 1 N–H and O–H groups in total. The smallest absolute Gasteiger partial charge is 0.358 e. The monoisotopic (exact) mass is 481 g/mol. The van der Waals surface area contributed by atoms with Crippen LogP contribution in [0.5, 0.6) is 5.75 Å². The minimum absolute atomic E-state index is 0.107. The maximum absolute atomic E-state index is 12.3. The van der Waals surface area contributed by atoms with Crippen LogP contribution in [0.15, 0.2) is 47.8 Å². The third-order valence-corrected chi connectivity index (χ3v) is 5.85. The van der Waals surface area contributed by atoms with E-state index in [0.717, 1.165) is 22.4 Å². The molecule has 0 unspecified atom stereocenters. The van der Waals surface area contributed by atoms with Crippen LogP contribution < -0.4 is 10.1 Å². The molecule has 1 aromatic heterocycles. The van der Waals surface area contributed by atoms with Crippen molar-refractivity contribution in [3.63, 3.8) is 0 Å². The van der Waals surface area contributed by atoms with E-state index in [1.165, 1.54) is 23.3 Å². The van der Waals surface area contributed by atoms with Gasteiger partial charge in [0.05, 0.1) is 6.54 Å². The molecule has 0 aliphatic heterocycles. The van der Waals surface area contributed by atoms with Crippen LogP contribution in [0.25, 0.3) is 0 Å². The molecule has 2 aromatic carbocycles. The van der Waals surface area contributed by atoms with E-state index in [0.29, 0.717) is 10.8 Å². The van der Waals surface area contributed by atoms with Crippen molar-refractivity contribution in [3.8, 4) is 5.75 Å². The molecule has 3 rings (SSSR count). The average Bonchev–Trinajstić information content (AvgIpc) is 3.28. The largest absolute Gasteiger partial charge is 0.486 e. The molecule has 34 heavy (non-hydrogen) atoms. The van der Waals surface area contributed by atoms with Crippen molar-refractivity contribution >= 4 is 34.8 Å². The maximum atomic E-state index is 12.3. The van der Waals surface area contributed by atoms with Gasteiger partial charge in [-0.05, 0) is 44.0 Å². The van der Waals surface area contributed by atoms with Gasteiger partial charge in [0.15, 0.2) is 12.3 Å². The standard InChI is InChI=1S/C25H27N3O5S/c1-16-8-10-19(11-9-16)32-13-22-26-20(15-34-22)25(31)33-14-23(30)28(4)12-21(29)27-24-17(2)6-5-7-18(24)3/h5-11,15H,12-14H2,1-4H3,(H,27,29). The molecule has 9 heteroatoms. The van der Waals surface area contributed by atoms with Crippen LogP contribution in [0.2, 0.25) is 0 Å². The number of aromatic nitrogens is 1. The van der Waals surface area contributed by atoms with Gasteiger partial charge < -0.3 is 19.7 Å². The number of nitrogens with zero attached hydrogens (tertiary/aromatic N) is 2. The lowest BCUT2D eigenvalue weighted by atomic mass is 10.1. The lowest BCUT2D eigenvalue weighted by Crippen LogP contribution is -2.37. The molecule has 2 amide bonds. The van der Waals surface area contributed by atoms with Crippen molar-refractivity contribution < 1.29 is 23.9 Å². The van der Waals surface area contributed by atoms with Gasteiger partial charge in [-0.2, -0.15) is 0 Å². The summed E-state index contributed by atoms with van der Waals surface area (Å²) in [6.07, 6.45) is 0. The topological polar surface area (TPSA) is 97.8 Å². The summed E-state index contributed by atoms with van der Waals surface area (Å²) in [5.74, 6) is -0.833. The summed E-state index contributed by atoms with van der Waals surface area (Å²) in [6.45, 7) is 5.36. The molecule has 8 nitrogen and oxygen atoms in total. The summed E-state index contributed by atoms with van der Waals surface area (Å²) < 4.78 is 10.7. The normalized spacial score (nSPS) is 10.5. The highest BCUT2D eigenvalue weighted by Gasteiger charge is 2.18. The Labute approximate surface area is 202 Å². The average molecular weight is 482 g/mol. The van der Waals surface area contributed by atoms with E-state index < -0.39 is 18.5 Å². The quantitative estimate of drug-likeness (QED) is 0.466. The molecule has 0 radical (unpaired) electrons. The molecule has 0 aliphatic carbocycles. The summed E-state index contributed by atoms with van der Waals surface area (Å²) in [6, 6.07) is 13.3. The first-order valence-electron chi connectivity index (χ1n) is 10.6. The second-order valence-corrected chi connectivity index (χ2v) is 8.81. The van der Waals surface area contributed by atoms with Gasteiger partial charge in [0, 0.05) is 18.1 Å². The van der Waals surface area contributed by atoms with Crippen molar-refractivity contribution in [1.29, 1.82) is 0 Å². The molecule has 0 aliphatic rings. The number of ether oxygens (including phenoxy) is 2. The Morgan fingerprint density at radius 3 is 2.38 bits per heavy atom. The van der Waals surface area contributed by atoms with Crippen LogP contribution in [0.1, 0.15) is 32.2 Å². The number of carbonyl (C=O) groups excluding carboxylic acids is 3. The molecule has 0 bridgehead atoms. The first-order chi connectivity index (χ1) is 16.2. The first-order valence-corrected chi connectivity index (χ1v) is 11.5. The van der Waals surface area contributed by atoms with Crippen molar-refractivity contribution in [2.75, 3.05) is 25.5 Å². The minimum Gasteiger partial charge on any atom is -0.486 e.